The van der Waals surface area contributed by atoms with Gasteiger partial charge in [0, 0.05) is 137 Å². The van der Waals surface area contributed by atoms with Gasteiger partial charge in [-0.3, -0.25) is 56.9 Å². The number of aliphatic hydroxyl groups excluding tert-OH is 5. The van der Waals surface area contributed by atoms with Gasteiger partial charge in [0.05, 0.1) is 32.0 Å². The SMILES string of the molecule is CC(C)Nc1c(N)c(=O)n2n1CCC2.CC(O)CNc1c(N)c(=O)n2n1CCC2.Nc1c(N(CCO)CCO)n2n(c1=O)CCC2.Nc1c(N2CCC(O)C2)n2n(c1=O)CCC2.Nc1c(N2CCCC2)n2n(c1=O)CCC2.Nc1c(NCCO)n2n(c1=O)CCC2. The van der Waals surface area contributed by atoms with Crippen molar-refractivity contribution >= 4 is 69.0 Å². The van der Waals surface area contributed by atoms with E-state index in [1.54, 1.807) is 39.9 Å². The Morgan fingerprint density at radius 3 is 1.21 bits per heavy atom. The van der Waals surface area contributed by atoms with Crippen molar-refractivity contribution in [1.29, 1.82) is 0 Å². The van der Waals surface area contributed by atoms with E-state index in [1.807, 2.05) is 42.2 Å². The zero-order chi connectivity index (χ0) is 65.5. The van der Waals surface area contributed by atoms with E-state index in [0.29, 0.717) is 73.8 Å². The summed E-state index contributed by atoms with van der Waals surface area (Å²) in [5.74, 6) is 4.45. The monoisotopic (exact) mass is 1280 g/mol. The zero-order valence-corrected chi connectivity index (χ0v) is 52.7. The molecule has 14 rings (SSSR count). The summed E-state index contributed by atoms with van der Waals surface area (Å²) in [6, 6.07) is 0.289. The molecule has 2 atom stereocenters. The fraction of sp³-hybridized carbons (Fsp3) is 0.679. The summed E-state index contributed by atoms with van der Waals surface area (Å²) >= 11 is 0. The second kappa shape index (κ2) is 29.2. The van der Waals surface area contributed by atoms with Gasteiger partial charge in [0.15, 0.2) is 29.1 Å². The van der Waals surface area contributed by atoms with Crippen LogP contribution in [-0.2, 0) is 78.5 Å². The third-order valence-electron chi connectivity index (χ3n) is 17.3. The van der Waals surface area contributed by atoms with Gasteiger partial charge in [-0.25, -0.2) is 28.1 Å². The lowest BCUT2D eigenvalue weighted by Crippen LogP contribution is -2.32. The number of rotatable bonds is 15. The first-order valence-corrected chi connectivity index (χ1v) is 31.9. The quantitative estimate of drug-likeness (QED) is 0.0481. The molecule has 2 fully saturated rings. The summed E-state index contributed by atoms with van der Waals surface area (Å²) in [6.45, 7) is 20.1. The lowest BCUT2D eigenvalue weighted by atomic mass is 10.3. The molecule has 35 nitrogen and oxygen atoms in total. The molecule has 14 heterocycles. The van der Waals surface area contributed by atoms with E-state index in [4.69, 9.17) is 54.8 Å². The molecular formula is C56H96N24O11. The fourth-order valence-electron chi connectivity index (χ4n) is 13.2. The second-order valence-corrected chi connectivity index (χ2v) is 24.1. The van der Waals surface area contributed by atoms with Crippen LogP contribution >= 0.6 is 0 Å². The van der Waals surface area contributed by atoms with Crippen molar-refractivity contribution in [3.63, 3.8) is 0 Å². The van der Waals surface area contributed by atoms with Crippen LogP contribution in [0.1, 0.15) is 78.6 Å². The van der Waals surface area contributed by atoms with Gasteiger partial charge < -0.3 is 90.6 Å². The Morgan fingerprint density at radius 1 is 0.429 bits per heavy atom. The average molecular weight is 1280 g/mol. The summed E-state index contributed by atoms with van der Waals surface area (Å²) < 4.78 is 21.6. The molecule has 2 saturated heterocycles. The van der Waals surface area contributed by atoms with E-state index in [0.717, 1.165) is 154 Å². The maximum absolute atomic E-state index is 11.9. The van der Waals surface area contributed by atoms with Crippen LogP contribution < -0.4 is 98.4 Å². The molecule has 0 amide bonds. The molecule has 0 bridgehead atoms. The van der Waals surface area contributed by atoms with Gasteiger partial charge in [0.25, 0.3) is 33.4 Å². The minimum Gasteiger partial charge on any atom is -0.395 e. The fourth-order valence-corrected chi connectivity index (χ4v) is 13.2. The Morgan fingerprint density at radius 2 is 0.791 bits per heavy atom. The van der Waals surface area contributed by atoms with Crippen LogP contribution in [0.2, 0.25) is 0 Å². The maximum atomic E-state index is 11.9. The van der Waals surface area contributed by atoms with E-state index in [-0.39, 0.29) is 82.4 Å². The van der Waals surface area contributed by atoms with Crippen LogP contribution in [0.5, 0.6) is 0 Å². The third-order valence-corrected chi connectivity index (χ3v) is 17.3. The second-order valence-electron chi connectivity index (χ2n) is 24.1. The normalized spacial score (nSPS) is 17.3. The average Bonchev–Trinajstić information content (AvgIpc) is 1.79. The Balaban J connectivity index is 0.000000129. The van der Waals surface area contributed by atoms with Gasteiger partial charge >= 0.3 is 0 Å². The van der Waals surface area contributed by atoms with Crippen molar-refractivity contribution in [2.75, 3.05) is 137 Å². The largest absolute Gasteiger partial charge is 0.395 e. The standard InChI is InChI=1S/C10H18N4O3.C10H16N4O2.C10H16N4O.C9H16N4O2.C9H16N4O.C8H14N4O2/c11-8-9(12(4-6-15)5-7-16)13-2-1-3-14(13)10(8)17;11-8-9(12-5-2-7(15)6-12)13-3-1-4-14(13)10(8)16;11-8-9(12-4-1-2-5-12)13-6-3-7-14(13)10(8)15;1-6(14)5-11-8-7(10)9(15)13-4-2-3-12(8)13;1-6(2)11-8-7(10)9(14)13-5-3-4-12(8)13;9-6-7(10-2-5-13)11-3-1-4-12(11)8(6)14/h15-16H,1-7,11H2;7,15H,1-6,11H2;1-7,11H2;6,11,14H,2-5,10H2,1H3;6,11H,3-5,10H2,1-2H3;10,13H,1-5,9H2. The predicted octanol–water partition coefficient (Wildman–Crippen LogP) is -3.21. The Labute approximate surface area is 523 Å². The summed E-state index contributed by atoms with van der Waals surface area (Å²) in [7, 11) is 0. The number of β-amino-alcohol motifs (C(OH)–C–C–N with tert-alkyl or cyclic N) is 1. The number of fused-ring (bicyclic) bond motifs is 6. The minimum atomic E-state index is -0.461. The predicted molar refractivity (Wildman–Crippen MR) is 352 cm³/mol. The molecular weight excluding hydrogens is 1180 g/mol. The molecule has 0 spiro atoms. The number of aromatic nitrogens is 12. The summed E-state index contributed by atoms with van der Waals surface area (Å²) in [5.41, 5.74) is 35.9. The summed E-state index contributed by atoms with van der Waals surface area (Å²) in [6.07, 6.45) is 8.29. The Hall–Kier alpha value is -8.54. The van der Waals surface area contributed by atoms with Crippen molar-refractivity contribution in [3.05, 3.63) is 62.1 Å². The Kier molecular flexibility index (Phi) is 21.4. The van der Waals surface area contributed by atoms with E-state index in [1.165, 1.54) is 12.8 Å². The molecule has 91 heavy (non-hydrogen) atoms. The van der Waals surface area contributed by atoms with Crippen LogP contribution in [0.4, 0.5) is 69.0 Å². The minimum absolute atomic E-state index is 0.00519. The van der Waals surface area contributed by atoms with Crippen LogP contribution in [-0.4, -0.2) is 172 Å². The highest BCUT2D eigenvalue weighted by atomic mass is 16.3. The van der Waals surface area contributed by atoms with Crippen molar-refractivity contribution < 1.29 is 25.5 Å². The molecule has 8 aliphatic rings. The number of nitrogen functional groups attached to an aromatic ring is 6. The molecule has 6 aromatic heterocycles. The third kappa shape index (κ3) is 13.6. The van der Waals surface area contributed by atoms with Gasteiger partial charge in [-0.1, -0.05) is 0 Å². The van der Waals surface area contributed by atoms with Crippen LogP contribution in [0, 0.1) is 0 Å². The number of hydrogen-bond acceptors (Lipinski definition) is 23. The molecule has 0 aliphatic carbocycles. The highest BCUT2D eigenvalue weighted by Crippen LogP contribution is 2.30. The molecule has 6 aromatic rings. The number of nitrogens with one attached hydrogen (secondary N) is 3. The number of aliphatic hydroxyl groups is 5. The number of hydrogen-bond donors (Lipinski definition) is 14. The van der Waals surface area contributed by atoms with E-state index < -0.39 is 6.10 Å². The maximum Gasteiger partial charge on any atom is 0.292 e. The van der Waals surface area contributed by atoms with Crippen molar-refractivity contribution in [1.82, 2.24) is 56.2 Å². The first kappa shape index (κ1) is 66.9. The van der Waals surface area contributed by atoms with Gasteiger partial charge in [-0.15, -0.1) is 0 Å². The number of anilines is 12. The molecule has 35 heteroatoms. The van der Waals surface area contributed by atoms with Crippen LogP contribution in [0.15, 0.2) is 28.8 Å². The van der Waals surface area contributed by atoms with E-state index in [9.17, 15) is 33.9 Å². The highest BCUT2D eigenvalue weighted by Gasteiger charge is 2.32. The topological polar surface area (TPSA) is 465 Å². The van der Waals surface area contributed by atoms with Crippen molar-refractivity contribution in [3.8, 4) is 0 Å². The zero-order valence-electron chi connectivity index (χ0n) is 52.7. The first-order chi connectivity index (χ1) is 43.6. The lowest BCUT2D eigenvalue weighted by molar-refractivity contribution is 0.198. The summed E-state index contributed by atoms with van der Waals surface area (Å²) in [5, 5.41) is 54.6. The van der Waals surface area contributed by atoms with E-state index >= 15 is 0 Å². The smallest absolute Gasteiger partial charge is 0.292 e. The molecule has 2 unspecified atom stereocenters. The molecule has 8 aliphatic heterocycles. The van der Waals surface area contributed by atoms with Gasteiger partial charge in [0.2, 0.25) is 0 Å². The summed E-state index contributed by atoms with van der Waals surface area (Å²) in [4.78, 5) is 76.4. The van der Waals surface area contributed by atoms with Crippen LogP contribution in [0.3, 0.4) is 0 Å². The van der Waals surface area contributed by atoms with Gasteiger partial charge in [-0.05, 0) is 78.6 Å². The van der Waals surface area contributed by atoms with Crippen molar-refractivity contribution in [2.45, 2.75) is 175 Å². The van der Waals surface area contributed by atoms with Gasteiger partial charge in [0.1, 0.15) is 39.9 Å². The lowest BCUT2D eigenvalue weighted by Gasteiger charge is -2.23. The number of nitrogens with zero attached hydrogens (tertiary/aromatic N) is 15. The van der Waals surface area contributed by atoms with Crippen LogP contribution in [0.25, 0.3) is 0 Å². The van der Waals surface area contributed by atoms with Gasteiger partial charge in [-0.2, -0.15) is 0 Å². The first-order valence-electron chi connectivity index (χ1n) is 31.9. The van der Waals surface area contributed by atoms with Crippen molar-refractivity contribution in [2.24, 2.45) is 0 Å². The molecule has 0 aromatic carbocycles. The highest BCUT2D eigenvalue weighted by molar-refractivity contribution is 5.66. The molecule has 0 saturated carbocycles. The molecule has 506 valence electrons. The van der Waals surface area contributed by atoms with E-state index in [2.05, 4.69) is 25.5 Å². The Bertz CT molecular complexity index is 3840. The molecule has 20 N–H and O–H groups in total. The number of nitrogens with two attached hydrogens (primary N) is 6. The molecule has 0 radical (unpaired) electrons.